The second-order valence-electron chi connectivity index (χ2n) is 20.4. The van der Waals surface area contributed by atoms with E-state index in [1.807, 2.05) is 78.9 Å². The molecule has 0 fully saturated rings. The van der Waals surface area contributed by atoms with Crippen LogP contribution in [0.2, 0.25) is 0 Å². The predicted octanol–water partition coefficient (Wildman–Crippen LogP) is 9.78. The summed E-state index contributed by atoms with van der Waals surface area (Å²) in [4.78, 5) is 80.9. The zero-order valence-corrected chi connectivity index (χ0v) is 46.4. The number of hydrogen-bond acceptors (Lipinski definition) is 13. The standard InChI is InChI=1S/C65H68N4O14/c1-65(2,3)83-64(77)68-55(37-53(70)38-66-62(75)81-42-47-25-15-7-16-26-47)59(71)67-57(61(74)80-41-46-23-13-6-14-24-46)33-49-31-51(35-54(32-49)78-39-44-19-9-4-10-20-44)50-29-30-58(79-40-45-21-11-5-12-22-45)52(34-50)36-56(60(72)73)69-63(76)82-43-48-27-17-8-18-28-48/h4-32,34-35,53,55-57,70H,33,36-43H2,1-3H3,(H,66,75)(H,67,71)(H,68,77)(H,69,76)(H,72,73)/t53-,55+,56+,57+/m1/s1. The summed E-state index contributed by atoms with van der Waals surface area (Å²) < 4.78 is 34.7. The summed E-state index contributed by atoms with van der Waals surface area (Å²) in [5.41, 5.74) is 4.86. The van der Waals surface area contributed by atoms with E-state index in [0.29, 0.717) is 44.9 Å². The number of amides is 4. The Hall–Kier alpha value is -9.68. The van der Waals surface area contributed by atoms with Gasteiger partial charge in [-0.2, -0.15) is 0 Å². The maximum Gasteiger partial charge on any atom is 0.408 e. The minimum Gasteiger partial charge on any atom is -0.489 e. The van der Waals surface area contributed by atoms with Crippen molar-refractivity contribution >= 4 is 36.1 Å². The van der Waals surface area contributed by atoms with Gasteiger partial charge in [0.2, 0.25) is 5.91 Å². The third-order valence-electron chi connectivity index (χ3n) is 12.5. The van der Waals surface area contributed by atoms with Crippen molar-refractivity contribution < 1.29 is 67.4 Å². The van der Waals surface area contributed by atoms with Gasteiger partial charge in [0.25, 0.3) is 0 Å². The molecule has 0 spiro atoms. The molecule has 0 aliphatic rings. The van der Waals surface area contributed by atoms with Crippen LogP contribution in [-0.4, -0.2) is 82.7 Å². The molecule has 6 N–H and O–H groups in total. The molecule has 83 heavy (non-hydrogen) atoms. The number of carboxylic acids is 1. The van der Waals surface area contributed by atoms with E-state index in [2.05, 4.69) is 21.3 Å². The first-order valence-corrected chi connectivity index (χ1v) is 27.0. The van der Waals surface area contributed by atoms with Crippen molar-refractivity contribution in [2.24, 2.45) is 0 Å². The lowest BCUT2D eigenvalue weighted by molar-refractivity contribution is -0.149. The van der Waals surface area contributed by atoms with Crippen molar-refractivity contribution in [3.8, 4) is 22.6 Å². The van der Waals surface area contributed by atoms with Gasteiger partial charge < -0.3 is 59.9 Å². The van der Waals surface area contributed by atoms with Crippen molar-refractivity contribution in [2.75, 3.05) is 6.54 Å². The van der Waals surface area contributed by atoms with Gasteiger partial charge in [-0.25, -0.2) is 24.0 Å². The molecule has 7 aromatic carbocycles. The van der Waals surface area contributed by atoms with Crippen LogP contribution in [0.5, 0.6) is 11.5 Å². The van der Waals surface area contributed by atoms with Crippen LogP contribution in [0.1, 0.15) is 66.1 Å². The first-order valence-electron chi connectivity index (χ1n) is 27.0. The molecule has 0 saturated carbocycles. The Morgan fingerprint density at radius 2 is 0.964 bits per heavy atom. The number of aliphatic hydroxyl groups excluding tert-OH is 1. The van der Waals surface area contributed by atoms with Crippen LogP contribution < -0.4 is 30.7 Å². The van der Waals surface area contributed by atoms with Crippen LogP contribution in [0.25, 0.3) is 11.1 Å². The maximum absolute atomic E-state index is 14.6. The average Bonchev–Trinajstić information content (AvgIpc) is 3.63. The fourth-order valence-corrected chi connectivity index (χ4v) is 8.43. The molecular formula is C65H68N4O14. The van der Waals surface area contributed by atoms with Gasteiger partial charge in [0.15, 0.2) is 0 Å². The molecule has 4 atom stereocenters. The molecular weight excluding hydrogens is 1060 g/mol. The third-order valence-corrected chi connectivity index (χ3v) is 12.5. The lowest BCUT2D eigenvalue weighted by Crippen LogP contribution is -2.54. The van der Waals surface area contributed by atoms with E-state index in [1.165, 1.54) is 0 Å². The van der Waals surface area contributed by atoms with Gasteiger partial charge in [-0.1, -0.05) is 164 Å². The van der Waals surface area contributed by atoms with Gasteiger partial charge in [-0.05, 0) is 95.1 Å². The number of carbonyl (C=O) groups excluding carboxylic acids is 5. The van der Waals surface area contributed by atoms with Gasteiger partial charge in [0.1, 0.15) is 68.3 Å². The minimum atomic E-state index is -1.52. The van der Waals surface area contributed by atoms with Crippen LogP contribution >= 0.6 is 0 Å². The van der Waals surface area contributed by atoms with Crippen molar-refractivity contribution in [1.29, 1.82) is 0 Å². The first-order chi connectivity index (χ1) is 40.0. The summed E-state index contributed by atoms with van der Waals surface area (Å²) in [6.07, 6.45) is -5.03. The number of aliphatic carboxylic acids is 1. The van der Waals surface area contributed by atoms with Crippen molar-refractivity contribution in [3.63, 3.8) is 0 Å². The number of hydrogen-bond donors (Lipinski definition) is 6. The Morgan fingerprint density at radius 3 is 1.49 bits per heavy atom. The summed E-state index contributed by atoms with van der Waals surface area (Å²) in [5.74, 6) is -2.33. The summed E-state index contributed by atoms with van der Waals surface area (Å²) in [6.45, 7) is 4.56. The second-order valence-corrected chi connectivity index (χ2v) is 20.4. The molecule has 0 aromatic heterocycles. The van der Waals surface area contributed by atoms with E-state index >= 15 is 0 Å². The number of benzene rings is 7. The Labute approximate surface area is 482 Å². The Balaban J connectivity index is 1.20. The molecule has 0 bridgehead atoms. The topological polar surface area (TPSA) is 246 Å². The molecule has 0 aliphatic heterocycles. The SMILES string of the molecule is CC(C)(C)OC(=O)N[C@@H](C[C@@H](O)CNC(=O)OCc1ccccc1)C(=O)N[C@@H](Cc1cc(OCc2ccccc2)cc(-c2ccc(OCc3ccccc3)c(C[C@H](NC(=O)OCc3ccccc3)C(=O)O)c2)c1)C(=O)OCc1ccccc1. The average molecular weight is 1130 g/mol. The lowest BCUT2D eigenvalue weighted by atomic mass is 9.95. The Kier molecular flexibility index (Phi) is 22.6. The molecule has 18 nitrogen and oxygen atoms in total. The molecule has 7 aromatic rings. The van der Waals surface area contributed by atoms with Crippen LogP contribution in [0.3, 0.4) is 0 Å². The molecule has 18 heteroatoms. The van der Waals surface area contributed by atoms with E-state index in [4.69, 9.17) is 28.4 Å². The van der Waals surface area contributed by atoms with Crippen molar-refractivity contribution in [3.05, 3.63) is 227 Å². The molecule has 4 amide bonds. The van der Waals surface area contributed by atoms with Crippen molar-refractivity contribution in [2.45, 2.75) is 103 Å². The maximum atomic E-state index is 14.6. The van der Waals surface area contributed by atoms with Gasteiger partial charge in [-0.15, -0.1) is 0 Å². The normalized spacial score (nSPS) is 12.4. The molecule has 0 aliphatic carbocycles. The second kappa shape index (κ2) is 30.8. The molecule has 7 rings (SSSR count). The summed E-state index contributed by atoms with van der Waals surface area (Å²) in [6, 6.07) is 51.8. The molecule has 0 saturated heterocycles. The van der Waals surface area contributed by atoms with E-state index in [0.717, 1.165) is 16.7 Å². The number of carbonyl (C=O) groups is 6. The zero-order valence-electron chi connectivity index (χ0n) is 46.4. The zero-order chi connectivity index (χ0) is 59.0. The smallest absolute Gasteiger partial charge is 0.408 e. The van der Waals surface area contributed by atoms with Crippen molar-refractivity contribution in [1.82, 2.24) is 21.3 Å². The summed E-state index contributed by atoms with van der Waals surface area (Å²) in [5, 5.41) is 32.0. The molecule has 0 radical (unpaired) electrons. The fourth-order valence-electron chi connectivity index (χ4n) is 8.43. The predicted molar refractivity (Wildman–Crippen MR) is 309 cm³/mol. The fraction of sp³-hybridized carbons (Fsp3) is 0.262. The first kappa shape index (κ1) is 61.0. The largest absolute Gasteiger partial charge is 0.489 e. The van der Waals surface area contributed by atoms with E-state index < -0.39 is 72.4 Å². The quantitative estimate of drug-likeness (QED) is 0.0207. The van der Waals surface area contributed by atoms with Gasteiger partial charge in [-0.3, -0.25) is 4.79 Å². The number of aliphatic hydroxyl groups is 1. The highest BCUT2D eigenvalue weighted by Crippen LogP contribution is 2.33. The highest BCUT2D eigenvalue weighted by Gasteiger charge is 2.32. The highest BCUT2D eigenvalue weighted by atomic mass is 16.6. The number of carboxylic acid groups (broad SMARTS) is 1. The van der Waals surface area contributed by atoms with E-state index in [1.54, 1.807) is 130 Å². The summed E-state index contributed by atoms with van der Waals surface area (Å²) in [7, 11) is 0. The number of nitrogens with one attached hydrogen (secondary N) is 4. The number of ether oxygens (including phenoxy) is 6. The van der Waals surface area contributed by atoms with Crippen LogP contribution in [-0.2, 0) is 79.2 Å². The monoisotopic (exact) mass is 1130 g/mol. The van der Waals surface area contributed by atoms with Crippen LogP contribution in [0, 0.1) is 0 Å². The molecule has 432 valence electrons. The summed E-state index contributed by atoms with van der Waals surface area (Å²) >= 11 is 0. The van der Waals surface area contributed by atoms with E-state index in [-0.39, 0.29) is 52.4 Å². The van der Waals surface area contributed by atoms with Gasteiger partial charge in [0.05, 0.1) is 6.10 Å². The van der Waals surface area contributed by atoms with E-state index in [9.17, 15) is 39.0 Å². The molecule has 0 heterocycles. The lowest BCUT2D eigenvalue weighted by Gasteiger charge is -2.26. The molecule has 0 unspecified atom stereocenters. The van der Waals surface area contributed by atoms with Gasteiger partial charge >= 0.3 is 30.2 Å². The Morgan fingerprint density at radius 1 is 0.470 bits per heavy atom. The highest BCUT2D eigenvalue weighted by molar-refractivity contribution is 5.90. The van der Waals surface area contributed by atoms with Crippen LogP contribution in [0.15, 0.2) is 188 Å². The number of alkyl carbamates (subject to hydrolysis) is 3. The van der Waals surface area contributed by atoms with Crippen LogP contribution in [0.4, 0.5) is 14.4 Å². The van der Waals surface area contributed by atoms with Gasteiger partial charge in [0, 0.05) is 25.8 Å². The third kappa shape index (κ3) is 21.1. The number of rotatable bonds is 27. The minimum absolute atomic E-state index is 0.0305. The number of esters is 1. The Bertz CT molecular complexity index is 3220.